The van der Waals surface area contributed by atoms with Gasteiger partial charge >= 0.3 is 0 Å². The molecule has 6 rings (SSSR count). The minimum absolute atomic E-state index is 0.165. The second kappa shape index (κ2) is 6.61. The maximum absolute atomic E-state index is 9.63. The number of nitrogens with zero attached hydrogens (tertiary/aromatic N) is 6. The zero-order chi connectivity index (χ0) is 20.9. The molecule has 0 spiro atoms. The molecule has 3 N–H and O–H groups in total. The van der Waals surface area contributed by atoms with E-state index in [1.807, 2.05) is 37.5 Å². The Hall–Kier alpha value is -4.31. The van der Waals surface area contributed by atoms with Crippen molar-refractivity contribution in [3.8, 4) is 34.0 Å². The summed E-state index contributed by atoms with van der Waals surface area (Å²) in [5.74, 6) is 0.581. The Morgan fingerprint density at radius 1 is 1.06 bits per heavy atom. The SMILES string of the molecule is Cn1cc(-c2ccc3[nH]nc(-c4nc5c(-c6ccoc6)nccc5[nH]4)c3n2)c(CO)n1. The molecule has 152 valence electrons. The van der Waals surface area contributed by atoms with E-state index in [1.54, 1.807) is 23.4 Å². The predicted molar refractivity (Wildman–Crippen MR) is 113 cm³/mol. The van der Waals surface area contributed by atoms with Crippen LogP contribution < -0.4 is 0 Å². The van der Waals surface area contributed by atoms with Crippen molar-refractivity contribution in [2.45, 2.75) is 6.61 Å². The highest BCUT2D eigenvalue weighted by atomic mass is 16.3. The Labute approximate surface area is 174 Å². The fraction of sp³-hybridized carbons (Fsp3) is 0.0952. The third-order valence-electron chi connectivity index (χ3n) is 5.16. The molecule has 0 aliphatic rings. The third kappa shape index (κ3) is 2.73. The van der Waals surface area contributed by atoms with Crippen molar-refractivity contribution in [1.29, 1.82) is 0 Å². The van der Waals surface area contributed by atoms with Crippen LogP contribution in [-0.2, 0) is 13.7 Å². The number of rotatable bonds is 4. The molecule has 10 nitrogen and oxygen atoms in total. The topological polar surface area (TPSA) is 134 Å². The maximum Gasteiger partial charge on any atom is 0.161 e. The number of aromatic amines is 2. The quantitative estimate of drug-likeness (QED) is 0.405. The molecule has 0 amide bonds. The van der Waals surface area contributed by atoms with Crippen molar-refractivity contribution in [3.05, 3.63) is 54.9 Å². The first-order valence-corrected chi connectivity index (χ1v) is 9.58. The molecule has 0 radical (unpaired) electrons. The molecular formula is C21H16N8O2. The number of H-pyrrole nitrogens is 2. The van der Waals surface area contributed by atoms with E-state index in [0.717, 1.165) is 33.4 Å². The number of aryl methyl sites for hydroxylation is 1. The lowest BCUT2D eigenvalue weighted by Crippen LogP contribution is -1.92. The van der Waals surface area contributed by atoms with Crippen LogP contribution in [0.5, 0.6) is 0 Å². The molecule has 0 aliphatic heterocycles. The van der Waals surface area contributed by atoms with Gasteiger partial charge in [-0.25, -0.2) is 9.97 Å². The molecule has 0 fully saturated rings. The van der Waals surface area contributed by atoms with Crippen molar-refractivity contribution >= 4 is 22.1 Å². The number of imidazole rings is 1. The van der Waals surface area contributed by atoms with Crippen LogP contribution in [0.4, 0.5) is 0 Å². The lowest BCUT2D eigenvalue weighted by atomic mass is 10.1. The first-order chi connectivity index (χ1) is 15.2. The molecule has 0 aliphatic carbocycles. The molecular weight excluding hydrogens is 396 g/mol. The number of furan rings is 1. The van der Waals surface area contributed by atoms with Crippen LogP contribution in [0, 0.1) is 0 Å². The summed E-state index contributed by atoms with van der Waals surface area (Å²) in [6, 6.07) is 7.50. The molecule has 0 saturated carbocycles. The van der Waals surface area contributed by atoms with Gasteiger partial charge in [0.25, 0.3) is 0 Å². The summed E-state index contributed by atoms with van der Waals surface area (Å²) in [5, 5.41) is 21.4. The molecule has 0 aromatic carbocycles. The van der Waals surface area contributed by atoms with Crippen molar-refractivity contribution < 1.29 is 9.52 Å². The van der Waals surface area contributed by atoms with E-state index >= 15 is 0 Å². The summed E-state index contributed by atoms with van der Waals surface area (Å²) in [7, 11) is 1.81. The number of hydrogen-bond donors (Lipinski definition) is 3. The van der Waals surface area contributed by atoms with Gasteiger partial charge in [0.05, 0.1) is 41.6 Å². The van der Waals surface area contributed by atoms with Gasteiger partial charge in [-0.15, -0.1) is 0 Å². The normalized spacial score (nSPS) is 11.7. The second-order valence-electron chi connectivity index (χ2n) is 7.14. The number of hydrogen-bond acceptors (Lipinski definition) is 7. The first kappa shape index (κ1) is 17.5. The number of aliphatic hydroxyl groups is 1. The van der Waals surface area contributed by atoms with Crippen LogP contribution in [0.25, 0.3) is 56.1 Å². The Kier molecular flexibility index (Phi) is 3.74. The van der Waals surface area contributed by atoms with Gasteiger partial charge in [-0.1, -0.05) is 0 Å². The van der Waals surface area contributed by atoms with E-state index in [1.165, 1.54) is 0 Å². The highest BCUT2D eigenvalue weighted by molar-refractivity contribution is 5.94. The smallest absolute Gasteiger partial charge is 0.161 e. The van der Waals surface area contributed by atoms with E-state index in [2.05, 4.69) is 25.3 Å². The van der Waals surface area contributed by atoms with Crippen molar-refractivity contribution in [2.24, 2.45) is 7.05 Å². The Morgan fingerprint density at radius 2 is 1.97 bits per heavy atom. The molecule has 10 heteroatoms. The summed E-state index contributed by atoms with van der Waals surface area (Å²) in [4.78, 5) is 17.3. The van der Waals surface area contributed by atoms with Gasteiger partial charge in [-0.2, -0.15) is 10.2 Å². The van der Waals surface area contributed by atoms with Crippen molar-refractivity contribution in [3.63, 3.8) is 0 Å². The number of aliphatic hydroxyl groups excluding tert-OH is 1. The molecule has 0 atom stereocenters. The van der Waals surface area contributed by atoms with Gasteiger partial charge in [-0.3, -0.25) is 14.8 Å². The zero-order valence-corrected chi connectivity index (χ0v) is 16.4. The standard InChI is InChI=1S/C21H16N8O2/c1-29-8-12(16(9-30)28-29)13-2-3-15-19(23-13)20(27-26-15)21-24-14-4-6-22-17(18(14)25-21)11-5-7-31-10-11/h2-8,10,30H,9H2,1H3,(H,24,25)(H,26,27). The Balaban J connectivity index is 1.52. The van der Waals surface area contributed by atoms with Crippen LogP contribution in [0.3, 0.4) is 0 Å². The average molecular weight is 412 g/mol. The monoisotopic (exact) mass is 412 g/mol. The fourth-order valence-electron chi connectivity index (χ4n) is 3.74. The molecule has 0 bridgehead atoms. The van der Waals surface area contributed by atoms with E-state index in [0.29, 0.717) is 28.4 Å². The van der Waals surface area contributed by atoms with Gasteiger partial charge in [0.15, 0.2) is 11.5 Å². The molecule has 6 heterocycles. The largest absolute Gasteiger partial charge is 0.472 e. The molecule has 6 aromatic heterocycles. The summed E-state index contributed by atoms with van der Waals surface area (Å²) >= 11 is 0. The third-order valence-corrected chi connectivity index (χ3v) is 5.16. The fourth-order valence-corrected chi connectivity index (χ4v) is 3.74. The number of fused-ring (bicyclic) bond motifs is 2. The Bertz CT molecular complexity index is 1540. The van der Waals surface area contributed by atoms with Crippen LogP contribution >= 0.6 is 0 Å². The zero-order valence-electron chi connectivity index (χ0n) is 16.4. The first-order valence-electron chi connectivity index (χ1n) is 9.58. The average Bonchev–Trinajstić information content (AvgIpc) is 3.57. The summed E-state index contributed by atoms with van der Waals surface area (Å²) < 4.78 is 6.86. The van der Waals surface area contributed by atoms with Gasteiger partial charge in [0.2, 0.25) is 0 Å². The lowest BCUT2D eigenvalue weighted by Gasteiger charge is -2.00. The summed E-state index contributed by atoms with van der Waals surface area (Å²) in [6.45, 7) is -0.165. The molecule has 0 saturated heterocycles. The van der Waals surface area contributed by atoms with Crippen molar-refractivity contribution in [2.75, 3.05) is 0 Å². The molecule has 0 unspecified atom stereocenters. The predicted octanol–water partition coefficient (Wildman–Crippen LogP) is 3.05. The summed E-state index contributed by atoms with van der Waals surface area (Å²) in [5.41, 5.74) is 7.22. The van der Waals surface area contributed by atoms with Crippen LogP contribution in [0.15, 0.2) is 53.6 Å². The highest BCUT2D eigenvalue weighted by Crippen LogP contribution is 2.31. The molecule has 31 heavy (non-hydrogen) atoms. The second-order valence-corrected chi connectivity index (χ2v) is 7.14. The van der Waals surface area contributed by atoms with E-state index in [4.69, 9.17) is 14.4 Å². The number of aromatic nitrogens is 8. The van der Waals surface area contributed by atoms with Gasteiger partial charge in [-0.05, 0) is 24.3 Å². The van der Waals surface area contributed by atoms with Crippen LogP contribution in [-0.4, -0.2) is 45.0 Å². The van der Waals surface area contributed by atoms with Crippen LogP contribution in [0.1, 0.15) is 5.69 Å². The van der Waals surface area contributed by atoms with E-state index in [-0.39, 0.29) is 6.61 Å². The minimum Gasteiger partial charge on any atom is -0.472 e. The van der Waals surface area contributed by atoms with E-state index in [9.17, 15) is 5.11 Å². The number of pyridine rings is 2. The van der Waals surface area contributed by atoms with Gasteiger partial charge in [0.1, 0.15) is 16.7 Å². The van der Waals surface area contributed by atoms with Gasteiger partial charge in [0, 0.05) is 30.6 Å². The Morgan fingerprint density at radius 3 is 2.81 bits per heavy atom. The van der Waals surface area contributed by atoms with E-state index < -0.39 is 0 Å². The minimum atomic E-state index is -0.165. The summed E-state index contributed by atoms with van der Waals surface area (Å²) in [6.07, 6.45) is 6.81. The van der Waals surface area contributed by atoms with Gasteiger partial charge < -0.3 is 14.5 Å². The molecule has 6 aromatic rings. The maximum atomic E-state index is 9.63. The lowest BCUT2D eigenvalue weighted by molar-refractivity contribution is 0.276. The van der Waals surface area contributed by atoms with Crippen molar-refractivity contribution in [1.82, 2.24) is 39.9 Å². The number of nitrogens with one attached hydrogen (secondary N) is 2. The highest BCUT2D eigenvalue weighted by Gasteiger charge is 2.18. The van der Waals surface area contributed by atoms with Crippen LogP contribution in [0.2, 0.25) is 0 Å².